The molecule has 0 fully saturated rings. The van der Waals surface area contributed by atoms with Crippen molar-refractivity contribution in [2.24, 2.45) is 0 Å². The summed E-state index contributed by atoms with van der Waals surface area (Å²) < 4.78 is 19.2. The van der Waals surface area contributed by atoms with Crippen LogP contribution in [-0.2, 0) is 0 Å². The molecular weight excluding hydrogens is 639 g/mol. The lowest BCUT2D eigenvalue weighted by molar-refractivity contribution is 0.668. The highest BCUT2D eigenvalue weighted by molar-refractivity contribution is 6.17. The van der Waals surface area contributed by atoms with Crippen LogP contribution in [0.25, 0.3) is 88.1 Å². The molecule has 0 radical (unpaired) electrons. The number of benzene rings is 8. The Labute approximate surface area is 298 Å². The van der Waals surface area contributed by atoms with Gasteiger partial charge in [0.25, 0.3) is 0 Å². The average Bonchev–Trinajstić information content (AvgIpc) is 3.89. The molecule has 0 unspecified atom stereocenters. The highest BCUT2D eigenvalue weighted by Crippen LogP contribution is 2.44. The van der Waals surface area contributed by atoms with Crippen molar-refractivity contribution in [3.05, 3.63) is 176 Å². The molecule has 0 saturated heterocycles. The predicted octanol–water partition coefficient (Wildman–Crippen LogP) is 14.2. The first kappa shape index (κ1) is 28.8. The van der Waals surface area contributed by atoms with Gasteiger partial charge in [0.2, 0.25) is 0 Å². The van der Waals surface area contributed by atoms with E-state index in [0.29, 0.717) is 0 Å². The number of anilines is 3. The molecule has 0 amide bonds. The Bertz CT molecular complexity index is 3090. The maximum absolute atomic E-state index is 6.70. The fourth-order valence-corrected chi connectivity index (χ4v) is 7.88. The van der Waals surface area contributed by atoms with E-state index in [1.807, 2.05) is 24.3 Å². The van der Waals surface area contributed by atoms with Crippen molar-refractivity contribution in [3.8, 4) is 22.3 Å². The van der Waals surface area contributed by atoms with Gasteiger partial charge in [0.15, 0.2) is 0 Å². The second-order valence-corrected chi connectivity index (χ2v) is 13.3. The highest BCUT2D eigenvalue weighted by atomic mass is 16.3. The van der Waals surface area contributed by atoms with Crippen LogP contribution in [0.1, 0.15) is 0 Å². The zero-order valence-corrected chi connectivity index (χ0v) is 27.9. The molecule has 0 aliphatic heterocycles. The summed E-state index contributed by atoms with van der Waals surface area (Å²) in [6, 6.07) is 61.3. The van der Waals surface area contributed by atoms with Crippen molar-refractivity contribution in [2.75, 3.05) is 4.90 Å². The zero-order chi connectivity index (χ0) is 34.2. The Morgan fingerprint density at radius 2 is 0.827 bits per heavy atom. The summed E-state index contributed by atoms with van der Waals surface area (Å²) in [5.74, 6) is 0. The van der Waals surface area contributed by atoms with Gasteiger partial charge in [-0.1, -0.05) is 97.1 Å². The first-order valence-corrected chi connectivity index (χ1v) is 17.5. The Morgan fingerprint density at radius 1 is 0.308 bits per heavy atom. The van der Waals surface area contributed by atoms with Crippen LogP contribution in [0.4, 0.5) is 17.1 Å². The van der Waals surface area contributed by atoms with Crippen molar-refractivity contribution < 1.29 is 13.3 Å². The minimum Gasteiger partial charge on any atom is -0.456 e. The molecule has 244 valence electrons. The third-order valence-electron chi connectivity index (χ3n) is 10.3. The van der Waals surface area contributed by atoms with Crippen LogP contribution in [0.3, 0.4) is 0 Å². The van der Waals surface area contributed by atoms with Gasteiger partial charge in [-0.2, -0.15) is 0 Å². The minimum absolute atomic E-state index is 0.857. The van der Waals surface area contributed by atoms with E-state index in [1.165, 1.54) is 0 Å². The molecule has 0 spiro atoms. The van der Waals surface area contributed by atoms with Gasteiger partial charge in [0.1, 0.15) is 33.5 Å². The molecular formula is C48H29NO3. The zero-order valence-electron chi connectivity index (χ0n) is 27.9. The molecule has 4 heteroatoms. The third-order valence-corrected chi connectivity index (χ3v) is 10.3. The van der Waals surface area contributed by atoms with E-state index in [1.54, 1.807) is 0 Å². The van der Waals surface area contributed by atoms with Crippen LogP contribution in [0.2, 0.25) is 0 Å². The predicted molar refractivity (Wildman–Crippen MR) is 214 cm³/mol. The fraction of sp³-hybridized carbons (Fsp3) is 0. The smallest absolute Gasteiger partial charge is 0.143 e. The van der Waals surface area contributed by atoms with Crippen molar-refractivity contribution >= 4 is 82.9 Å². The minimum atomic E-state index is 0.857. The lowest BCUT2D eigenvalue weighted by Crippen LogP contribution is -2.09. The van der Waals surface area contributed by atoms with Crippen molar-refractivity contribution in [1.29, 1.82) is 0 Å². The van der Waals surface area contributed by atoms with Gasteiger partial charge in [-0.25, -0.2) is 0 Å². The van der Waals surface area contributed by atoms with E-state index in [2.05, 4.69) is 157 Å². The first-order valence-electron chi connectivity index (χ1n) is 17.5. The van der Waals surface area contributed by atoms with E-state index in [0.717, 1.165) is 105 Å². The van der Waals surface area contributed by atoms with Crippen molar-refractivity contribution in [1.82, 2.24) is 0 Å². The topological polar surface area (TPSA) is 42.7 Å². The fourth-order valence-electron chi connectivity index (χ4n) is 7.88. The number of nitrogens with zero attached hydrogens (tertiary/aromatic N) is 1. The van der Waals surface area contributed by atoms with Gasteiger partial charge in [-0.3, -0.25) is 0 Å². The molecule has 0 N–H and O–H groups in total. The molecule has 3 heterocycles. The van der Waals surface area contributed by atoms with Crippen molar-refractivity contribution in [2.45, 2.75) is 0 Å². The van der Waals surface area contributed by atoms with Gasteiger partial charge in [-0.15, -0.1) is 0 Å². The summed E-state index contributed by atoms with van der Waals surface area (Å²) in [5.41, 5.74) is 12.8. The standard InChI is InChI=1S/C48H29NO3/c1-3-11-32(12-4-1)49(33-13-5-2-6-14-33)34-23-26-45-41(29-34)40-27-30(21-24-44(40)51-45)35-16-10-20-46-47(35)38-18-9-17-36(48(38)52-46)31-22-25-43-39(28-31)37-15-7-8-19-42(37)50-43/h1-29H. The number of para-hydroxylation sites is 4. The molecule has 0 saturated carbocycles. The van der Waals surface area contributed by atoms with Crippen LogP contribution >= 0.6 is 0 Å². The van der Waals surface area contributed by atoms with Crippen LogP contribution < -0.4 is 4.90 Å². The molecule has 11 rings (SSSR count). The van der Waals surface area contributed by atoms with Gasteiger partial charge in [0, 0.05) is 54.9 Å². The van der Waals surface area contributed by atoms with E-state index < -0.39 is 0 Å². The summed E-state index contributed by atoms with van der Waals surface area (Å²) >= 11 is 0. The van der Waals surface area contributed by atoms with Crippen LogP contribution in [-0.4, -0.2) is 0 Å². The lowest BCUT2D eigenvalue weighted by Gasteiger charge is -2.25. The highest BCUT2D eigenvalue weighted by Gasteiger charge is 2.19. The third kappa shape index (κ3) is 4.41. The largest absolute Gasteiger partial charge is 0.456 e. The average molecular weight is 668 g/mol. The quantitative estimate of drug-likeness (QED) is 0.183. The summed E-state index contributed by atoms with van der Waals surface area (Å²) in [5, 5.41) is 6.53. The SMILES string of the molecule is c1ccc(N(c2ccccc2)c2ccc3oc4ccc(-c5cccc6oc7c(-c8ccc9oc%10ccccc%10c9c8)cccc7c56)cc4c3c2)cc1. The number of fused-ring (bicyclic) bond motifs is 9. The molecule has 11 aromatic rings. The summed E-state index contributed by atoms with van der Waals surface area (Å²) in [4.78, 5) is 2.28. The molecule has 3 aromatic heterocycles. The van der Waals surface area contributed by atoms with Gasteiger partial charge >= 0.3 is 0 Å². The molecule has 4 nitrogen and oxygen atoms in total. The normalized spacial score (nSPS) is 11.8. The number of rotatable bonds is 5. The monoisotopic (exact) mass is 667 g/mol. The Balaban J connectivity index is 1.07. The van der Waals surface area contributed by atoms with Crippen molar-refractivity contribution in [3.63, 3.8) is 0 Å². The second kappa shape index (κ2) is 11.2. The molecule has 0 atom stereocenters. The first-order chi connectivity index (χ1) is 25.8. The second-order valence-electron chi connectivity index (χ2n) is 13.3. The summed E-state index contributed by atoms with van der Waals surface area (Å²) in [6.45, 7) is 0. The van der Waals surface area contributed by atoms with Crippen LogP contribution in [0.15, 0.2) is 189 Å². The van der Waals surface area contributed by atoms with E-state index in [9.17, 15) is 0 Å². The van der Waals surface area contributed by atoms with Gasteiger partial charge < -0.3 is 18.2 Å². The Hall–Kier alpha value is -7.04. The number of hydrogen-bond acceptors (Lipinski definition) is 4. The molecule has 0 aliphatic rings. The van der Waals surface area contributed by atoms with E-state index >= 15 is 0 Å². The van der Waals surface area contributed by atoms with E-state index in [4.69, 9.17) is 13.3 Å². The molecule has 8 aromatic carbocycles. The van der Waals surface area contributed by atoms with Gasteiger partial charge in [0.05, 0.1) is 0 Å². The summed E-state index contributed by atoms with van der Waals surface area (Å²) in [6.07, 6.45) is 0. The maximum Gasteiger partial charge on any atom is 0.143 e. The number of furan rings is 3. The maximum atomic E-state index is 6.70. The summed E-state index contributed by atoms with van der Waals surface area (Å²) in [7, 11) is 0. The van der Waals surface area contributed by atoms with Gasteiger partial charge in [-0.05, 0) is 95.6 Å². The van der Waals surface area contributed by atoms with E-state index in [-0.39, 0.29) is 0 Å². The van der Waals surface area contributed by atoms with Crippen LogP contribution in [0, 0.1) is 0 Å². The Morgan fingerprint density at radius 3 is 1.56 bits per heavy atom. The molecule has 0 aliphatic carbocycles. The Kier molecular flexibility index (Phi) is 6.22. The molecule has 0 bridgehead atoms. The number of hydrogen-bond donors (Lipinski definition) is 0. The lowest BCUT2D eigenvalue weighted by atomic mass is 9.96. The van der Waals surface area contributed by atoms with Crippen LogP contribution in [0.5, 0.6) is 0 Å². The molecule has 52 heavy (non-hydrogen) atoms.